The number of aliphatic carboxylic acids is 1. The average molecular weight is 312 g/mol. The van der Waals surface area contributed by atoms with E-state index in [9.17, 15) is 14.7 Å². The first-order valence-corrected chi connectivity index (χ1v) is 8.17. The molecule has 8 heteroatoms. The second-order valence-electron chi connectivity index (χ2n) is 5.16. The SMILES string of the molecule is CSC1CCC(NC(=O)N[C@@H](Cc2cnc[nH]2)C(=O)O)C1. The normalized spacial score (nSPS) is 22.7. The standard InChI is InChI=1S/C13H20N4O3S/c1-21-10-3-2-8(4-10)16-13(20)17-11(12(18)19)5-9-6-14-7-15-9/h6-8,10-11H,2-5H2,1H3,(H,14,15)(H,18,19)(H2,16,17,20)/t8?,10?,11-/m0/s1. The molecule has 2 amide bonds. The van der Waals surface area contributed by atoms with Crippen LogP contribution in [0.25, 0.3) is 0 Å². The number of nitrogens with one attached hydrogen (secondary N) is 3. The number of aromatic amines is 1. The van der Waals surface area contributed by atoms with E-state index in [-0.39, 0.29) is 12.5 Å². The van der Waals surface area contributed by atoms with Gasteiger partial charge < -0.3 is 20.7 Å². The fraction of sp³-hybridized carbons (Fsp3) is 0.615. The van der Waals surface area contributed by atoms with E-state index < -0.39 is 18.0 Å². The largest absolute Gasteiger partial charge is 0.480 e. The monoisotopic (exact) mass is 312 g/mol. The summed E-state index contributed by atoms with van der Waals surface area (Å²) < 4.78 is 0. The summed E-state index contributed by atoms with van der Waals surface area (Å²) in [6.07, 6.45) is 8.25. The highest BCUT2D eigenvalue weighted by atomic mass is 32.2. The van der Waals surface area contributed by atoms with Gasteiger partial charge in [0, 0.05) is 29.6 Å². The van der Waals surface area contributed by atoms with Crippen molar-refractivity contribution in [2.75, 3.05) is 6.26 Å². The van der Waals surface area contributed by atoms with Crippen LogP contribution in [0.15, 0.2) is 12.5 Å². The number of carboxylic acid groups (broad SMARTS) is 1. The molecular formula is C13H20N4O3S. The number of H-pyrrole nitrogens is 1. The van der Waals surface area contributed by atoms with Gasteiger partial charge in [0.25, 0.3) is 0 Å². The van der Waals surface area contributed by atoms with Gasteiger partial charge in [0.1, 0.15) is 6.04 Å². The minimum atomic E-state index is -1.06. The van der Waals surface area contributed by atoms with Crippen molar-refractivity contribution < 1.29 is 14.7 Å². The smallest absolute Gasteiger partial charge is 0.326 e. The van der Waals surface area contributed by atoms with Gasteiger partial charge >= 0.3 is 12.0 Å². The Labute approximate surface area is 127 Å². The Balaban J connectivity index is 1.82. The Morgan fingerprint density at radius 3 is 2.95 bits per heavy atom. The number of hydrogen-bond acceptors (Lipinski definition) is 4. The molecule has 0 bridgehead atoms. The van der Waals surface area contributed by atoms with Crippen molar-refractivity contribution in [1.29, 1.82) is 0 Å². The van der Waals surface area contributed by atoms with Crippen molar-refractivity contribution in [1.82, 2.24) is 20.6 Å². The number of rotatable bonds is 6. The van der Waals surface area contributed by atoms with Crippen molar-refractivity contribution in [3.8, 4) is 0 Å². The number of aromatic nitrogens is 2. The van der Waals surface area contributed by atoms with Crippen LogP contribution in [-0.4, -0.2) is 50.7 Å². The number of thioether (sulfide) groups is 1. The van der Waals surface area contributed by atoms with Crippen molar-refractivity contribution in [2.24, 2.45) is 0 Å². The summed E-state index contributed by atoms with van der Waals surface area (Å²) in [5.74, 6) is -1.06. The number of carbonyl (C=O) groups is 2. The van der Waals surface area contributed by atoms with Crippen LogP contribution in [-0.2, 0) is 11.2 Å². The maximum absolute atomic E-state index is 11.9. The van der Waals surface area contributed by atoms with E-state index in [0.29, 0.717) is 10.9 Å². The second kappa shape index (κ2) is 7.35. The molecule has 0 aromatic carbocycles. The van der Waals surface area contributed by atoms with Gasteiger partial charge in [-0.25, -0.2) is 14.6 Å². The summed E-state index contributed by atoms with van der Waals surface area (Å²) in [5, 5.41) is 15.1. The minimum absolute atomic E-state index is 0.129. The van der Waals surface area contributed by atoms with Gasteiger partial charge in [0.15, 0.2) is 0 Å². The van der Waals surface area contributed by atoms with Crippen LogP contribution in [0.5, 0.6) is 0 Å². The summed E-state index contributed by atoms with van der Waals surface area (Å²) in [7, 11) is 0. The van der Waals surface area contributed by atoms with Crippen LogP contribution >= 0.6 is 11.8 Å². The van der Waals surface area contributed by atoms with Crippen LogP contribution in [0.4, 0.5) is 4.79 Å². The van der Waals surface area contributed by atoms with Crippen molar-refractivity contribution in [2.45, 2.75) is 43.0 Å². The quantitative estimate of drug-likeness (QED) is 0.626. The minimum Gasteiger partial charge on any atom is -0.480 e. The van der Waals surface area contributed by atoms with Gasteiger partial charge in [-0.1, -0.05) is 0 Å². The lowest BCUT2D eigenvalue weighted by molar-refractivity contribution is -0.139. The first-order valence-electron chi connectivity index (χ1n) is 6.88. The number of carbonyl (C=O) groups excluding carboxylic acids is 1. The van der Waals surface area contributed by atoms with E-state index >= 15 is 0 Å². The van der Waals surface area contributed by atoms with E-state index in [1.807, 2.05) is 11.8 Å². The van der Waals surface area contributed by atoms with Gasteiger partial charge in [-0.15, -0.1) is 0 Å². The maximum Gasteiger partial charge on any atom is 0.326 e. The van der Waals surface area contributed by atoms with E-state index in [0.717, 1.165) is 19.3 Å². The molecule has 1 saturated carbocycles. The predicted octanol–water partition coefficient (Wildman–Crippen LogP) is 0.989. The molecule has 0 radical (unpaired) electrons. The van der Waals surface area contributed by atoms with Gasteiger partial charge in [0.2, 0.25) is 0 Å². The van der Waals surface area contributed by atoms with E-state index in [1.54, 1.807) is 6.20 Å². The van der Waals surface area contributed by atoms with Crippen molar-refractivity contribution >= 4 is 23.8 Å². The second-order valence-corrected chi connectivity index (χ2v) is 6.30. The van der Waals surface area contributed by atoms with Crippen LogP contribution in [0, 0.1) is 0 Å². The van der Waals surface area contributed by atoms with Crippen LogP contribution in [0.1, 0.15) is 25.0 Å². The lowest BCUT2D eigenvalue weighted by Gasteiger charge is -2.17. The Morgan fingerprint density at radius 1 is 1.57 bits per heavy atom. The third-order valence-electron chi connectivity index (χ3n) is 3.64. The molecule has 1 aromatic heterocycles. The molecule has 1 aromatic rings. The van der Waals surface area contributed by atoms with Crippen LogP contribution < -0.4 is 10.6 Å². The number of hydrogen-bond donors (Lipinski definition) is 4. The third-order valence-corrected chi connectivity index (χ3v) is 4.73. The Bertz CT molecular complexity index is 480. The molecule has 116 valence electrons. The van der Waals surface area contributed by atoms with Crippen LogP contribution in [0.2, 0.25) is 0 Å². The summed E-state index contributed by atoms with van der Waals surface area (Å²) in [6.45, 7) is 0. The zero-order valence-corrected chi connectivity index (χ0v) is 12.7. The van der Waals surface area contributed by atoms with Crippen molar-refractivity contribution in [3.05, 3.63) is 18.2 Å². The summed E-state index contributed by atoms with van der Waals surface area (Å²) in [5.41, 5.74) is 0.672. The molecule has 0 saturated heterocycles. The number of imidazole rings is 1. The summed E-state index contributed by atoms with van der Waals surface area (Å²) in [6, 6.07) is -1.26. The lowest BCUT2D eigenvalue weighted by atomic mass is 10.1. The first kappa shape index (κ1) is 15.7. The van der Waals surface area contributed by atoms with Gasteiger partial charge in [-0.3, -0.25) is 0 Å². The predicted molar refractivity (Wildman–Crippen MR) is 80.3 cm³/mol. The van der Waals surface area contributed by atoms with Gasteiger partial charge in [0.05, 0.1) is 6.33 Å². The molecule has 3 atom stereocenters. The average Bonchev–Trinajstić information content (AvgIpc) is 3.09. The fourth-order valence-electron chi connectivity index (χ4n) is 2.49. The molecule has 0 spiro atoms. The zero-order valence-electron chi connectivity index (χ0n) is 11.8. The maximum atomic E-state index is 11.9. The Morgan fingerprint density at radius 2 is 2.38 bits per heavy atom. The Kier molecular flexibility index (Phi) is 5.49. The molecule has 0 aliphatic heterocycles. The lowest BCUT2D eigenvalue weighted by Crippen LogP contribution is -2.49. The first-order chi connectivity index (χ1) is 10.1. The Hall–Kier alpha value is -1.70. The molecule has 21 heavy (non-hydrogen) atoms. The van der Waals surface area contributed by atoms with E-state index in [1.165, 1.54) is 6.33 Å². The van der Waals surface area contributed by atoms with E-state index in [4.69, 9.17) is 0 Å². The molecule has 2 unspecified atom stereocenters. The molecule has 7 nitrogen and oxygen atoms in total. The fourth-order valence-corrected chi connectivity index (χ4v) is 3.28. The summed E-state index contributed by atoms with van der Waals surface area (Å²) >= 11 is 1.81. The van der Waals surface area contributed by atoms with Crippen molar-refractivity contribution in [3.63, 3.8) is 0 Å². The highest BCUT2D eigenvalue weighted by Crippen LogP contribution is 2.27. The molecule has 2 rings (SSSR count). The third kappa shape index (κ3) is 4.66. The van der Waals surface area contributed by atoms with Gasteiger partial charge in [-0.05, 0) is 25.5 Å². The van der Waals surface area contributed by atoms with Gasteiger partial charge in [-0.2, -0.15) is 11.8 Å². The molecule has 1 fully saturated rings. The number of carboxylic acids is 1. The summed E-state index contributed by atoms with van der Waals surface area (Å²) in [4.78, 5) is 29.8. The highest BCUT2D eigenvalue weighted by Gasteiger charge is 2.27. The van der Waals surface area contributed by atoms with Crippen LogP contribution in [0.3, 0.4) is 0 Å². The van der Waals surface area contributed by atoms with E-state index in [2.05, 4.69) is 26.9 Å². The molecular weight excluding hydrogens is 292 g/mol. The molecule has 1 aliphatic carbocycles. The number of nitrogens with zero attached hydrogens (tertiary/aromatic N) is 1. The topological polar surface area (TPSA) is 107 Å². The zero-order chi connectivity index (χ0) is 15.2. The number of urea groups is 1. The number of amides is 2. The molecule has 4 N–H and O–H groups in total. The molecule has 1 aliphatic rings. The molecule has 1 heterocycles. The highest BCUT2D eigenvalue weighted by molar-refractivity contribution is 7.99.